The molecule has 1 aliphatic carbocycles. The third-order valence-corrected chi connectivity index (χ3v) is 3.69. The molecule has 2 N–H and O–H groups in total. The number of rotatable bonds is 6. The molecule has 1 fully saturated rings. The van der Waals surface area contributed by atoms with Gasteiger partial charge in [-0.2, -0.15) is 0 Å². The first-order valence-electron chi connectivity index (χ1n) is 6.65. The maximum atomic E-state index is 11.7. The lowest BCUT2D eigenvalue weighted by Gasteiger charge is -2.12. The number of hydrogen-bond donors (Lipinski definition) is 2. The molecule has 0 bridgehead atoms. The molecule has 2 rings (SSSR count). The van der Waals surface area contributed by atoms with Gasteiger partial charge in [-0.25, -0.2) is 0 Å². The first-order valence-corrected chi connectivity index (χ1v) is 6.65. The summed E-state index contributed by atoms with van der Waals surface area (Å²) in [5.74, 6) is -1.38. The van der Waals surface area contributed by atoms with Crippen molar-refractivity contribution in [3.05, 3.63) is 35.9 Å². The molecule has 1 aromatic rings. The fourth-order valence-corrected chi connectivity index (χ4v) is 2.25. The Kier molecular flexibility index (Phi) is 4.20. The number of benzene rings is 1. The van der Waals surface area contributed by atoms with Gasteiger partial charge >= 0.3 is 5.97 Å². The Morgan fingerprint density at radius 1 is 1.32 bits per heavy atom. The van der Waals surface area contributed by atoms with Crippen LogP contribution in [0.4, 0.5) is 0 Å². The van der Waals surface area contributed by atoms with Crippen LogP contribution < -0.4 is 5.32 Å². The molecule has 1 aliphatic rings. The predicted molar refractivity (Wildman–Crippen MR) is 71.7 cm³/mol. The zero-order valence-corrected chi connectivity index (χ0v) is 11.0. The highest BCUT2D eigenvalue weighted by Gasteiger charge is 2.48. The van der Waals surface area contributed by atoms with Crippen LogP contribution in [-0.4, -0.2) is 23.5 Å². The highest BCUT2D eigenvalue weighted by atomic mass is 16.4. The molecule has 0 spiro atoms. The van der Waals surface area contributed by atoms with Gasteiger partial charge < -0.3 is 10.4 Å². The lowest BCUT2D eigenvalue weighted by Crippen LogP contribution is -2.28. The number of carbonyl (C=O) groups is 2. The van der Waals surface area contributed by atoms with Gasteiger partial charge in [0.2, 0.25) is 5.91 Å². The number of nitrogens with one attached hydrogen (secondary N) is 1. The van der Waals surface area contributed by atoms with Gasteiger partial charge in [-0.15, -0.1) is 0 Å². The molecule has 0 radical (unpaired) electrons. The van der Waals surface area contributed by atoms with Crippen LogP contribution in [0, 0.1) is 11.8 Å². The molecule has 3 atom stereocenters. The quantitative estimate of drug-likeness (QED) is 0.823. The highest BCUT2D eigenvalue weighted by molar-refractivity contribution is 5.89. The van der Waals surface area contributed by atoms with Crippen LogP contribution in [0.3, 0.4) is 0 Å². The minimum absolute atomic E-state index is 0.118. The lowest BCUT2D eigenvalue weighted by atomic mass is 9.98. The lowest BCUT2D eigenvalue weighted by molar-refractivity contribution is -0.140. The Labute approximate surface area is 112 Å². The predicted octanol–water partition coefficient (Wildman–Crippen LogP) is 2.02. The standard InChI is InChI=1S/C15H19NO3/c1-10(11-5-3-2-4-6-11)7-8-16-14(17)12-9-13(12)15(18)19/h2-6,10,12-13H,7-9H2,1H3,(H,16,17)(H,18,19). The minimum Gasteiger partial charge on any atom is -0.481 e. The molecule has 3 unspecified atom stereocenters. The van der Waals surface area contributed by atoms with E-state index in [1.807, 2.05) is 18.2 Å². The summed E-state index contributed by atoms with van der Waals surface area (Å²) >= 11 is 0. The number of carboxylic acids is 1. The molecule has 19 heavy (non-hydrogen) atoms. The highest BCUT2D eigenvalue weighted by Crippen LogP contribution is 2.38. The summed E-state index contributed by atoms with van der Waals surface area (Å²) in [5.41, 5.74) is 1.26. The summed E-state index contributed by atoms with van der Waals surface area (Å²) in [4.78, 5) is 22.3. The number of hydrogen-bond acceptors (Lipinski definition) is 2. The fourth-order valence-electron chi connectivity index (χ4n) is 2.25. The largest absolute Gasteiger partial charge is 0.481 e. The smallest absolute Gasteiger partial charge is 0.307 e. The molecule has 1 aromatic carbocycles. The number of amides is 1. The van der Waals surface area contributed by atoms with Crippen LogP contribution >= 0.6 is 0 Å². The Hall–Kier alpha value is -1.84. The van der Waals surface area contributed by atoms with Crippen molar-refractivity contribution >= 4 is 11.9 Å². The van der Waals surface area contributed by atoms with Gasteiger partial charge in [0.1, 0.15) is 0 Å². The van der Waals surface area contributed by atoms with Crippen molar-refractivity contribution in [1.82, 2.24) is 5.32 Å². The van der Waals surface area contributed by atoms with Crippen molar-refractivity contribution in [3.8, 4) is 0 Å². The molecule has 0 aromatic heterocycles. The second-order valence-corrected chi connectivity index (χ2v) is 5.18. The van der Waals surface area contributed by atoms with Crippen molar-refractivity contribution in [2.45, 2.75) is 25.7 Å². The van der Waals surface area contributed by atoms with Gasteiger partial charge in [0.05, 0.1) is 11.8 Å². The maximum Gasteiger partial charge on any atom is 0.307 e. The Morgan fingerprint density at radius 3 is 2.58 bits per heavy atom. The molecule has 4 nitrogen and oxygen atoms in total. The second kappa shape index (κ2) is 5.87. The molecule has 0 aliphatic heterocycles. The van der Waals surface area contributed by atoms with Gasteiger partial charge in [-0.3, -0.25) is 9.59 Å². The third kappa shape index (κ3) is 3.56. The first-order chi connectivity index (χ1) is 9.09. The van der Waals surface area contributed by atoms with Crippen LogP contribution in [-0.2, 0) is 9.59 Å². The van der Waals surface area contributed by atoms with Crippen molar-refractivity contribution in [2.75, 3.05) is 6.54 Å². The van der Waals surface area contributed by atoms with Gasteiger partial charge in [0.25, 0.3) is 0 Å². The summed E-state index contributed by atoms with van der Waals surface area (Å²) < 4.78 is 0. The summed E-state index contributed by atoms with van der Waals surface area (Å²) in [6.45, 7) is 2.72. The summed E-state index contributed by atoms with van der Waals surface area (Å²) in [7, 11) is 0. The topological polar surface area (TPSA) is 66.4 Å². The van der Waals surface area contributed by atoms with E-state index in [1.54, 1.807) is 0 Å². The average molecular weight is 261 g/mol. The van der Waals surface area contributed by atoms with Crippen molar-refractivity contribution in [2.24, 2.45) is 11.8 Å². The van der Waals surface area contributed by atoms with Crippen LogP contribution in [0.25, 0.3) is 0 Å². The molecule has 102 valence electrons. The van der Waals surface area contributed by atoms with Gasteiger partial charge in [-0.05, 0) is 24.3 Å². The van der Waals surface area contributed by atoms with E-state index in [1.165, 1.54) is 5.56 Å². The number of carbonyl (C=O) groups excluding carboxylic acids is 1. The monoisotopic (exact) mass is 261 g/mol. The molecular weight excluding hydrogens is 242 g/mol. The zero-order chi connectivity index (χ0) is 13.8. The van der Waals surface area contributed by atoms with Crippen LogP contribution in [0.2, 0.25) is 0 Å². The van der Waals surface area contributed by atoms with E-state index >= 15 is 0 Å². The number of carboxylic acid groups (broad SMARTS) is 1. The summed E-state index contributed by atoms with van der Waals surface area (Å²) in [5, 5.41) is 11.6. The van der Waals surface area contributed by atoms with Gasteiger partial charge in [0, 0.05) is 6.54 Å². The van der Waals surface area contributed by atoms with Gasteiger partial charge in [-0.1, -0.05) is 37.3 Å². The Balaban J connectivity index is 1.70. The Bertz CT molecular complexity index is 458. The zero-order valence-electron chi connectivity index (χ0n) is 11.0. The maximum absolute atomic E-state index is 11.7. The van der Waals surface area contributed by atoms with Crippen LogP contribution in [0.5, 0.6) is 0 Å². The molecule has 0 heterocycles. The van der Waals surface area contributed by atoms with E-state index < -0.39 is 11.9 Å². The van der Waals surface area contributed by atoms with Crippen molar-refractivity contribution in [1.29, 1.82) is 0 Å². The molecule has 1 saturated carbocycles. The minimum atomic E-state index is -0.863. The second-order valence-electron chi connectivity index (χ2n) is 5.18. The summed E-state index contributed by atoms with van der Waals surface area (Å²) in [6.07, 6.45) is 1.34. The van der Waals surface area contributed by atoms with E-state index in [2.05, 4.69) is 24.4 Å². The first kappa shape index (κ1) is 13.6. The number of aliphatic carboxylic acids is 1. The summed E-state index contributed by atoms with van der Waals surface area (Å²) in [6, 6.07) is 10.1. The Morgan fingerprint density at radius 2 is 2.00 bits per heavy atom. The third-order valence-electron chi connectivity index (χ3n) is 3.69. The van der Waals surface area contributed by atoms with E-state index in [0.717, 1.165) is 6.42 Å². The molecular formula is C15H19NO3. The molecule has 0 saturated heterocycles. The normalized spacial score (nSPS) is 22.6. The van der Waals surface area contributed by atoms with Crippen molar-refractivity contribution in [3.63, 3.8) is 0 Å². The van der Waals surface area contributed by atoms with E-state index in [0.29, 0.717) is 18.9 Å². The van der Waals surface area contributed by atoms with Crippen molar-refractivity contribution < 1.29 is 14.7 Å². The SMILES string of the molecule is CC(CCNC(=O)C1CC1C(=O)O)c1ccccc1. The van der Waals surface area contributed by atoms with Crippen LogP contribution in [0.15, 0.2) is 30.3 Å². The van der Waals surface area contributed by atoms with E-state index in [-0.39, 0.29) is 11.8 Å². The van der Waals surface area contributed by atoms with Gasteiger partial charge in [0.15, 0.2) is 0 Å². The van der Waals surface area contributed by atoms with E-state index in [4.69, 9.17) is 5.11 Å². The molecule has 1 amide bonds. The fraction of sp³-hybridized carbons (Fsp3) is 0.467. The average Bonchev–Trinajstić information content (AvgIpc) is 3.20. The molecule has 4 heteroatoms. The van der Waals surface area contributed by atoms with Crippen LogP contribution in [0.1, 0.15) is 31.2 Å². The van der Waals surface area contributed by atoms with E-state index in [9.17, 15) is 9.59 Å².